The van der Waals surface area contributed by atoms with Crippen molar-refractivity contribution in [3.63, 3.8) is 0 Å². The van der Waals surface area contributed by atoms with Crippen LogP contribution in [-0.4, -0.2) is 6.21 Å². The van der Waals surface area contributed by atoms with Gasteiger partial charge in [-0.15, -0.1) is 0 Å². The normalized spacial score (nSPS) is 15.8. The third-order valence-electron chi connectivity index (χ3n) is 3.36. The Balaban J connectivity index is 2.66. The van der Waals surface area contributed by atoms with Gasteiger partial charge >= 0.3 is 0 Å². The van der Waals surface area contributed by atoms with Gasteiger partial charge in [0.25, 0.3) is 0 Å². The lowest BCUT2D eigenvalue weighted by atomic mass is 9.93. The second-order valence-corrected chi connectivity index (χ2v) is 5.07. The molecule has 1 N–H and O–H groups in total. The maximum atomic E-state index is 7.28. The molecular weight excluding hydrogens is 242 g/mol. The smallest absolute Gasteiger partial charge is 0.0183 e. The van der Waals surface area contributed by atoms with E-state index in [2.05, 4.69) is 31.4 Å². The van der Waals surface area contributed by atoms with Crippen LogP contribution in [0.5, 0.6) is 0 Å². The Morgan fingerprint density at radius 2 is 2.15 bits per heavy atom. The van der Waals surface area contributed by atoms with Crippen molar-refractivity contribution in [1.29, 1.82) is 5.41 Å². The van der Waals surface area contributed by atoms with Gasteiger partial charge in [0.05, 0.1) is 0 Å². The highest BCUT2D eigenvalue weighted by Crippen LogP contribution is 2.25. The molecule has 0 aliphatic heterocycles. The first kappa shape index (κ1) is 16.2. The SMILES string of the molecule is C=C/C=C(CCCC1=CCCC=C1)/C(=C/C=N)C(=C)C. The predicted octanol–water partition coefficient (Wildman–Crippen LogP) is 5.70. The zero-order valence-corrected chi connectivity index (χ0v) is 12.5. The van der Waals surface area contributed by atoms with E-state index < -0.39 is 0 Å². The van der Waals surface area contributed by atoms with Gasteiger partial charge in [0, 0.05) is 6.21 Å². The van der Waals surface area contributed by atoms with Crippen LogP contribution in [0.3, 0.4) is 0 Å². The van der Waals surface area contributed by atoms with Crippen LogP contribution in [0.15, 0.2) is 71.9 Å². The molecule has 0 radical (unpaired) electrons. The van der Waals surface area contributed by atoms with Crippen LogP contribution in [0.1, 0.15) is 39.0 Å². The second-order valence-electron chi connectivity index (χ2n) is 5.07. The summed E-state index contributed by atoms with van der Waals surface area (Å²) in [5.41, 5.74) is 4.73. The van der Waals surface area contributed by atoms with E-state index >= 15 is 0 Å². The van der Waals surface area contributed by atoms with Crippen molar-refractivity contribution in [1.82, 2.24) is 0 Å². The van der Waals surface area contributed by atoms with Crippen LogP contribution in [0, 0.1) is 5.41 Å². The lowest BCUT2D eigenvalue weighted by Gasteiger charge is -2.12. The first-order valence-corrected chi connectivity index (χ1v) is 7.23. The van der Waals surface area contributed by atoms with Gasteiger partial charge in [-0.2, -0.15) is 0 Å². The van der Waals surface area contributed by atoms with E-state index in [0.29, 0.717) is 0 Å². The molecule has 20 heavy (non-hydrogen) atoms. The summed E-state index contributed by atoms with van der Waals surface area (Å²) in [6.45, 7) is 9.78. The van der Waals surface area contributed by atoms with E-state index in [0.717, 1.165) is 30.4 Å². The average molecular weight is 267 g/mol. The largest absolute Gasteiger partial charge is 0.309 e. The number of hydrogen-bond acceptors (Lipinski definition) is 1. The van der Waals surface area contributed by atoms with Gasteiger partial charge in [-0.3, -0.25) is 0 Å². The third-order valence-corrected chi connectivity index (χ3v) is 3.36. The van der Waals surface area contributed by atoms with Crippen LogP contribution in [-0.2, 0) is 0 Å². The minimum atomic E-state index is 0.990. The van der Waals surface area contributed by atoms with Crippen molar-refractivity contribution in [2.45, 2.75) is 39.0 Å². The minimum Gasteiger partial charge on any atom is -0.309 e. The van der Waals surface area contributed by atoms with Crippen molar-refractivity contribution < 1.29 is 0 Å². The van der Waals surface area contributed by atoms with Crippen LogP contribution in [0.4, 0.5) is 0 Å². The van der Waals surface area contributed by atoms with E-state index in [1.165, 1.54) is 30.2 Å². The van der Waals surface area contributed by atoms with Crippen molar-refractivity contribution >= 4 is 6.21 Å². The molecule has 0 aromatic rings. The molecule has 0 aromatic heterocycles. The molecule has 0 bridgehead atoms. The molecule has 0 heterocycles. The predicted molar refractivity (Wildman–Crippen MR) is 90.3 cm³/mol. The monoisotopic (exact) mass is 267 g/mol. The van der Waals surface area contributed by atoms with Crippen molar-refractivity contribution in [3.8, 4) is 0 Å². The van der Waals surface area contributed by atoms with E-state index in [1.54, 1.807) is 0 Å². The third kappa shape index (κ3) is 5.40. The molecule has 0 saturated carbocycles. The second kappa shape index (κ2) is 9.08. The van der Waals surface area contributed by atoms with Crippen LogP contribution >= 0.6 is 0 Å². The molecule has 0 atom stereocenters. The lowest BCUT2D eigenvalue weighted by molar-refractivity contribution is 0.809. The molecule has 1 aliphatic rings. The summed E-state index contributed by atoms with van der Waals surface area (Å²) in [6.07, 6.45) is 19.4. The van der Waals surface area contributed by atoms with Crippen molar-refractivity contribution in [2.24, 2.45) is 0 Å². The summed E-state index contributed by atoms with van der Waals surface area (Å²) in [4.78, 5) is 0. The standard InChI is InChI=1S/C19H25N/c1-4-9-18(19(14-15-20)16(2)3)13-8-12-17-10-6-5-7-11-17/h4,6,9-11,14-15,20H,1-2,5,7-8,12-13H2,3H3/b18-9+,19-14+,20-15?. The van der Waals surface area contributed by atoms with E-state index in [-0.39, 0.29) is 0 Å². The maximum Gasteiger partial charge on any atom is 0.0183 e. The van der Waals surface area contributed by atoms with Crippen LogP contribution in [0.2, 0.25) is 0 Å². The average Bonchev–Trinajstić information content (AvgIpc) is 2.45. The van der Waals surface area contributed by atoms with Gasteiger partial charge in [-0.25, -0.2) is 0 Å². The Morgan fingerprint density at radius 1 is 1.35 bits per heavy atom. The van der Waals surface area contributed by atoms with E-state index in [1.807, 2.05) is 25.2 Å². The Bertz CT molecular complexity index is 484. The minimum absolute atomic E-state index is 0.990. The molecule has 0 saturated heterocycles. The summed E-state index contributed by atoms with van der Waals surface area (Å²) in [7, 11) is 0. The fourth-order valence-corrected chi connectivity index (χ4v) is 2.39. The Hall–Kier alpha value is -1.89. The van der Waals surface area contributed by atoms with Gasteiger partial charge in [0.15, 0.2) is 0 Å². The lowest BCUT2D eigenvalue weighted by Crippen LogP contribution is -1.94. The van der Waals surface area contributed by atoms with Gasteiger partial charge < -0.3 is 5.41 Å². The topological polar surface area (TPSA) is 23.9 Å². The molecular formula is C19H25N. The van der Waals surface area contributed by atoms with Gasteiger partial charge in [0.1, 0.15) is 0 Å². The van der Waals surface area contributed by atoms with Gasteiger partial charge in [0.2, 0.25) is 0 Å². The van der Waals surface area contributed by atoms with Crippen molar-refractivity contribution in [2.75, 3.05) is 0 Å². The first-order chi connectivity index (χ1) is 9.69. The highest BCUT2D eigenvalue weighted by Gasteiger charge is 2.06. The number of hydrogen-bond donors (Lipinski definition) is 1. The van der Waals surface area contributed by atoms with Crippen LogP contribution < -0.4 is 0 Å². The summed E-state index contributed by atoms with van der Waals surface area (Å²) < 4.78 is 0. The van der Waals surface area contributed by atoms with Crippen LogP contribution in [0.25, 0.3) is 0 Å². The summed E-state index contributed by atoms with van der Waals surface area (Å²) in [5.74, 6) is 0. The Kier molecular flexibility index (Phi) is 7.34. The molecule has 0 unspecified atom stereocenters. The highest BCUT2D eigenvalue weighted by atomic mass is 14.3. The summed E-state index contributed by atoms with van der Waals surface area (Å²) >= 11 is 0. The zero-order chi connectivity index (χ0) is 14.8. The molecule has 106 valence electrons. The Morgan fingerprint density at radius 3 is 2.70 bits per heavy atom. The fourth-order valence-electron chi connectivity index (χ4n) is 2.39. The quantitative estimate of drug-likeness (QED) is 0.431. The molecule has 1 rings (SSSR count). The van der Waals surface area contributed by atoms with E-state index in [4.69, 9.17) is 5.41 Å². The maximum absolute atomic E-state index is 7.28. The van der Waals surface area contributed by atoms with Gasteiger partial charge in [-0.05, 0) is 56.3 Å². The molecule has 0 aromatic carbocycles. The molecule has 0 fully saturated rings. The highest BCUT2D eigenvalue weighted by molar-refractivity contribution is 5.73. The Labute approximate surface area is 123 Å². The number of rotatable bonds is 8. The van der Waals surface area contributed by atoms with Gasteiger partial charge in [-0.1, -0.05) is 54.7 Å². The molecule has 1 nitrogen and oxygen atoms in total. The molecule has 0 amide bonds. The molecule has 1 heteroatoms. The van der Waals surface area contributed by atoms with Crippen molar-refractivity contribution in [3.05, 3.63) is 71.9 Å². The zero-order valence-electron chi connectivity index (χ0n) is 12.5. The summed E-state index contributed by atoms with van der Waals surface area (Å²) in [6, 6.07) is 0. The number of nitrogens with one attached hydrogen (secondary N) is 1. The first-order valence-electron chi connectivity index (χ1n) is 7.23. The number of allylic oxidation sites excluding steroid dienone is 10. The fraction of sp³-hybridized carbons (Fsp3) is 0.316. The molecule has 1 aliphatic carbocycles. The summed E-state index contributed by atoms with van der Waals surface area (Å²) in [5, 5.41) is 7.28. The van der Waals surface area contributed by atoms with E-state index in [9.17, 15) is 0 Å². The molecule has 0 spiro atoms.